The average Bonchev–Trinajstić information content (AvgIpc) is 3.40. The Kier molecular flexibility index (Phi) is 12.6. The molecule has 0 nitrogen and oxygen atoms in total. The van der Waals surface area contributed by atoms with Gasteiger partial charge in [0.1, 0.15) is 0 Å². The van der Waals surface area contributed by atoms with Gasteiger partial charge in [-0.1, -0.05) is 146 Å². The van der Waals surface area contributed by atoms with Crippen molar-refractivity contribution in [1.29, 1.82) is 0 Å². The first-order chi connectivity index (χ1) is 33.4. The molecule has 340 valence electrons. The van der Waals surface area contributed by atoms with Crippen molar-refractivity contribution in [3.8, 4) is 66.8 Å². The van der Waals surface area contributed by atoms with Crippen LogP contribution in [-0.4, -0.2) is 0 Å². The van der Waals surface area contributed by atoms with Crippen molar-refractivity contribution in [3.05, 3.63) is 212 Å². The molecule has 0 atom stereocenters. The van der Waals surface area contributed by atoms with E-state index in [2.05, 4.69) is 173 Å². The van der Waals surface area contributed by atoms with Crippen molar-refractivity contribution in [3.63, 3.8) is 0 Å². The maximum atomic E-state index is 2.52. The highest BCUT2D eigenvalue weighted by Gasteiger charge is 2.29. The molecule has 8 aromatic carbocycles. The minimum Gasteiger partial charge on any atom is -0.0622 e. The molecule has 0 N–H and O–H groups in total. The summed E-state index contributed by atoms with van der Waals surface area (Å²) in [5.41, 5.74) is 36.0. The van der Waals surface area contributed by atoms with Gasteiger partial charge >= 0.3 is 0 Å². The van der Waals surface area contributed by atoms with Crippen LogP contribution in [0.2, 0.25) is 0 Å². The molecular weight excluding hydrogens is 817 g/mol. The van der Waals surface area contributed by atoms with Gasteiger partial charge in [0.2, 0.25) is 0 Å². The van der Waals surface area contributed by atoms with Crippen LogP contribution in [0.15, 0.2) is 146 Å². The normalized spacial score (nSPS) is 15.0. The zero-order valence-corrected chi connectivity index (χ0v) is 41.2. The van der Waals surface area contributed by atoms with Gasteiger partial charge in [-0.2, -0.15) is 0 Å². The van der Waals surface area contributed by atoms with Crippen molar-refractivity contribution in [2.24, 2.45) is 0 Å². The molecule has 0 amide bonds. The fourth-order valence-corrected chi connectivity index (χ4v) is 13.1. The van der Waals surface area contributed by atoms with Gasteiger partial charge < -0.3 is 0 Å². The summed E-state index contributed by atoms with van der Waals surface area (Å²) < 4.78 is 0. The zero-order chi connectivity index (χ0) is 46.1. The average molecular weight is 885 g/mol. The Hall–Kier alpha value is -6.24. The first kappa shape index (κ1) is 44.3. The number of aryl methyl sites for hydroxylation is 4. The minimum absolute atomic E-state index is 1.21. The van der Waals surface area contributed by atoms with Crippen LogP contribution in [0.5, 0.6) is 0 Å². The van der Waals surface area contributed by atoms with Gasteiger partial charge in [0.15, 0.2) is 0 Å². The zero-order valence-electron chi connectivity index (χ0n) is 41.2. The monoisotopic (exact) mass is 885 g/mol. The van der Waals surface area contributed by atoms with E-state index in [0.717, 1.165) is 0 Å². The van der Waals surface area contributed by atoms with Crippen LogP contribution in [-0.2, 0) is 51.4 Å². The molecule has 68 heavy (non-hydrogen) atoms. The van der Waals surface area contributed by atoms with Crippen LogP contribution in [0.25, 0.3) is 66.8 Å². The summed E-state index contributed by atoms with van der Waals surface area (Å²) in [4.78, 5) is 0. The number of rotatable bonds is 6. The van der Waals surface area contributed by atoms with Gasteiger partial charge in [0.05, 0.1) is 0 Å². The quantitative estimate of drug-likeness (QED) is 0.156. The van der Waals surface area contributed by atoms with Crippen LogP contribution in [0, 0.1) is 27.7 Å². The van der Waals surface area contributed by atoms with E-state index < -0.39 is 0 Å². The molecule has 0 unspecified atom stereocenters. The van der Waals surface area contributed by atoms with Crippen molar-refractivity contribution in [2.45, 2.75) is 130 Å². The van der Waals surface area contributed by atoms with Gasteiger partial charge in [0.25, 0.3) is 0 Å². The smallest absolute Gasteiger partial charge is 0.0108 e. The molecule has 0 heteroatoms. The molecule has 0 radical (unpaired) electrons. The lowest BCUT2D eigenvalue weighted by atomic mass is 9.74. The van der Waals surface area contributed by atoms with E-state index in [-0.39, 0.29) is 0 Å². The molecule has 0 heterocycles. The lowest BCUT2D eigenvalue weighted by Gasteiger charge is -2.30. The number of hydrogen-bond acceptors (Lipinski definition) is 0. The molecule has 0 aliphatic heterocycles. The third-order valence-corrected chi connectivity index (χ3v) is 16.5. The largest absolute Gasteiger partial charge is 0.0622 e. The Balaban J connectivity index is 0.000000149. The molecule has 0 aromatic heterocycles. The molecule has 12 rings (SSSR count). The van der Waals surface area contributed by atoms with Crippen molar-refractivity contribution < 1.29 is 0 Å². The van der Waals surface area contributed by atoms with Crippen LogP contribution < -0.4 is 0 Å². The summed E-state index contributed by atoms with van der Waals surface area (Å²) in [6, 6.07) is 54.3. The third kappa shape index (κ3) is 8.29. The maximum absolute atomic E-state index is 2.52. The molecule has 4 aliphatic carbocycles. The minimum atomic E-state index is 1.21. The van der Waals surface area contributed by atoms with E-state index in [1.54, 1.807) is 66.8 Å². The summed E-state index contributed by atoms with van der Waals surface area (Å²) in [6.07, 6.45) is 20.2. The standard InChI is InChI=1S/2C34H34/c2*1-23-31(25-13-5-3-6-14-25)21-27-17-9-11-19-29(27)33(23)34-24(2)32(26-15-7-4-8-16-26)22-28-18-10-12-20-30(28)34/h2*3-8,13-16,21-22H,9-12,17-20H2,1-2H3. The Morgan fingerprint density at radius 2 is 0.426 bits per heavy atom. The van der Waals surface area contributed by atoms with E-state index >= 15 is 0 Å². The van der Waals surface area contributed by atoms with Gasteiger partial charge in [-0.05, 0) is 264 Å². The van der Waals surface area contributed by atoms with Crippen LogP contribution in [0.4, 0.5) is 0 Å². The number of fused-ring (bicyclic) bond motifs is 4. The molecular formula is C68H68. The van der Waals surface area contributed by atoms with Crippen LogP contribution in [0.1, 0.15) is 118 Å². The summed E-state index contributed by atoms with van der Waals surface area (Å²) >= 11 is 0. The van der Waals surface area contributed by atoms with Gasteiger partial charge in [-0.15, -0.1) is 0 Å². The fourth-order valence-electron chi connectivity index (χ4n) is 13.1. The Labute approximate surface area is 407 Å². The van der Waals surface area contributed by atoms with E-state index in [9.17, 15) is 0 Å². The second kappa shape index (κ2) is 19.4. The lowest BCUT2D eigenvalue weighted by molar-refractivity contribution is 0.681. The Morgan fingerprint density at radius 1 is 0.235 bits per heavy atom. The lowest BCUT2D eigenvalue weighted by Crippen LogP contribution is -2.12. The summed E-state index contributed by atoms with van der Waals surface area (Å²) in [7, 11) is 0. The van der Waals surface area contributed by atoms with Crippen molar-refractivity contribution >= 4 is 0 Å². The predicted molar refractivity (Wildman–Crippen MR) is 291 cm³/mol. The Morgan fingerprint density at radius 3 is 0.632 bits per heavy atom. The highest BCUT2D eigenvalue weighted by atomic mass is 14.3. The first-order valence-corrected chi connectivity index (χ1v) is 26.3. The van der Waals surface area contributed by atoms with Crippen LogP contribution in [0.3, 0.4) is 0 Å². The molecule has 0 saturated heterocycles. The topological polar surface area (TPSA) is 0 Å². The summed E-state index contributed by atoms with van der Waals surface area (Å²) in [5.74, 6) is 0. The highest BCUT2D eigenvalue weighted by molar-refractivity contribution is 5.91. The SMILES string of the molecule is Cc1c(-c2ccccc2)cc2c(c1-c1c(C)c(-c3ccccc3)cc3c1CCCC3)CCCC2.Cc1c(-c2ccccc2)cc2c(c1-c1c(C)c(-c3ccccc3)cc3c1CCCC3)CCCC2. The van der Waals surface area contributed by atoms with Crippen molar-refractivity contribution in [1.82, 2.24) is 0 Å². The second-order valence-corrected chi connectivity index (χ2v) is 20.5. The Bertz CT molecular complexity index is 2690. The van der Waals surface area contributed by atoms with Gasteiger partial charge in [-0.3, -0.25) is 0 Å². The van der Waals surface area contributed by atoms with E-state index in [0.29, 0.717) is 0 Å². The molecule has 0 spiro atoms. The highest BCUT2D eigenvalue weighted by Crippen LogP contribution is 2.49. The number of benzene rings is 8. The van der Waals surface area contributed by atoms with Crippen molar-refractivity contribution in [2.75, 3.05) is 0 Å². The van der Waals surface area contributed by atoms with E-state index in [4.69, 9.17) is 0 Å². The maximum Gasteiger partial charge on any atom is -0.0108 e. The fraction of sp³-hybridized carbons (Fsp3) is 0.294. The molecule has 8 aromatic rings. The molecule has 4 aliphatic rings. The summed E-state index contributed by atoms with van der Waals surface area (Å²) in [5, 5.41) is 0. The van der Waals surface area contributed by atoms with E-state index in [1.807, 2.05) is 0 Å². The molecule has 0 bridgehead atoms. The third-order valence-electron chi connectivity index (χ3n) is 16.5. The van der Waals surface area contributed by atoms with E-state index in [1.165, 1.54) is 169 Å². The first-order valence-electron chi connectivity index (χ1n) is 26.3. The summed E-state index contributed by atoms with van der Waals surface area (Å²) in [6.45, 7) is 9.54. The predicted octanol–water partition coefficient (Wildman–Crippen LogP) is 18.1. The van der Waals surface area contributed by atoms with Gasteiger partial charge in [0, 0.05) is 0 Å². The number of hydrogen-bond donors (Lipinski definition) is 0. The van der Waals surface area contributed by atoms with Crippen LogP contribution >= 0.6 is 0 Å². The van der Waals surface area contributed by atoms with Gasteiger partial charge in [-0.25, -0.2) is 0 Å². The second-order valence-electron chi connectivity index (χ2n) is 20.5. The molecule has 0 fully saturated rings. The molecule has 0 saturated carbocycles.